The predicted molar refractivity (Wildman–Crippen MR) is 51.5 cm³/mol. The van der Waals surface area contributed by atoms with Gasteiger partial charge in [-0.05, 0) is 33.2 Å². The van der Waals surface area contributed by atoms with Crippen molar-refractivity contribution < 1.29 is 32.7 Å². The van der Waals surface area contributed by atoms with E-state index in [0.29, 0.717) is 11.6 Å². The Kier molecular flexibility index (Phi) is 4.37. The molecular weight excluding hydrogens is 237 g/mol. The van der Waals surface area contributed by atoms with Crippen molar-refractivity contribution in [3.05, 3.63) is 5.32 Å². The van der Waals surface area contributed by atoms with Crippen LogP contribution in [0, 0.1) is 0 Å². The normalized spacial score (nSPS) is 34.4. The standard InChI is InChI=1S/C10H19N2.Y/c1-9(2)12-7-3-4-10(12)5-6-11-8-10;/h9H,3-8H2,1-2H3;/q-1;. The molecule has 2 saturated heterocycles. The maximum atomic E-state index is 4.51. The Labute approximate surface area is 107 Å². The van der Waals surface area contributed by atoms with Crippen LogP contribution in [0.5, 0.6) is 0 Å². The van der Waals surface area contributed by atoms with Crippen molar-refractivity contribution in [2.24, 2.45) is 0 Å². The molecule has 1 unspecified atom stereocenters. The molecule has 2 heterocycles. The molecule has 0 aromatic carbocycles. The molecule has 13 heavy (non-hydrogen) atoms. The number of nitrogens with zero attached hydrogens (tertiary/aromatic N) is 2. The van der Waals surface area contributed by atoms with Crippen molar-refractivity contribution >= 4 is 0 Å². The fourth-order valence-corrected chi connectivity index (χ4v) is 2.86. The Morgan fingerprint density at radius 2 is 2.08 bits per heavy atom. The van der Waals surface area contributed by atoms with E-state index in [1.54, 1.807) is 0 Å². The summed E-state index contributed by atoms with van der Waals surface area (Å²) in [5, 5.41) is 4.51. The topological polar surface area (TPSA) is 17.3 Å². The van der Waals surface area contributed by atoms with Crippen LogP contribution >= 0.6 is 0 Å². The fraction of sp³-hybridized carbons (Fsp3) is 1.00. The minimum atomic E-state index is 0. The van der Waals surface area contributed by atoms with Gasteiger partial charge in [-0.1, -0.05) is 6.42 Å². The molecule has 3 heteroatoms. The smallest absolute Gasteiger partial charge is 0.00434 e. The van der Waals surface area contributed by atoms with E-state index in [4.69, 9.17) is 0 Å². The maximum absolute atomic E-state index is 4.51. The minimum Gasteiger partial charge on any atom is -0.661 e. The first-order valence-corrected chi connectivity index (χ1v) is 5.15. The Bertz CT molecular complexity index is 159. The SMILES string of the molecule is CC(C)N1CCCC12CC[N-]C2.[Y]. The van der Waals surface area contributed by atoms with Gasteiger partial charge in [0.25, 0.3) is 0 Å². The van der Waals surface area contributed by atoms with E-state index in [9.17, 15) is 0 Å². The fourth-order valence-electron chi connectivity index (χ4n) is 2.86. The summed E-state index contributed by atoms with van der Waals surface area (Å²) in [5.74, 6) is 0. The number of rotatable bonds is 1. The second-order valence-electron chi connectivity index (χ2n) is 4.47. The van der Waals surface area contributed by atoms with Gasteiger partial charge >= 0.3 is 0 Å². The number of hydrogen-bond donors (Lipinski definition) is 0. The summed E-state index contributed by atoms with van der Waals surface area (Å²) < 4.78 is 0. The number of likely N-dealkylation sites (tertiary alicyclic amines) is 1. The third kappa shape index (κ3) is 2.17. The van der Waals surface area contributed by atoms with Crippen LogP contribution in [0.4, 0.5) is 0 Å². The summed E-state index contributed by atoms with van der Waals surface area (Å²) in [7, 11) is 0. The zero-order valence-electron chi connectivity index (χ0n) is 8.79. The van der Waals surface area contributed by atoms with Crippen LogP contribution < -0.4 is 0 Å². The summed E-state index contributed by atoms with van der Waals surface area (Å²) in [4.78, 5) is 2.67. The van der Waals surface area contributed by atoms with Gasteiger partial charge in [-0.15, -0.1) is 13.1 Å². The van der Waals surface area contributed by atoms with E-state index in [2.05, 4.69) is 24.1 Å². The first kappa shape index (κ1) is 12.1. The van der Waals surface area contributed by atoms with Gasteiger partial charge in [-0.25, -0.2) is 0 Å². The summed E-state index contributed by atoms with van der Waals surface area (Å²) in [5.41, 5.74) is 0.494. The van der Waals surface area contributed by atoms with Gasteiger partial charge < -0.3 is 5.32 Å². The van der Waals surface area contributed by atoms with Crippen LogP contribution in [-0.4, -0.2) is 36.1 Å². The minimum absolute atomic E-state index is 0. The molecule has 2 fully saturated rings. The Hall–Kier alpha value is 1.02. The zero-order valence-corrected chi connectivity index (χ0v) is 11.6. The van der Waals surface area contributed by atoms with Crippen LogP contribution in [0.3, 0.4) is 0 Å². The van der Waals surface area contributed by atoms with Crippen LogP contribution in [0.25, 0.3) is 5.32 Å². The quantitative estimate of drug-likeness (QED) is 0.701. The van der Waals surface area contributed by atoms with Gasteiger partial charge in [0.2, 0.25) is 0 Å². The van der Waals surface area contributed by atoms with Gasteiger partial charge in [0, 0.05) is 44.3 Å². The Balaban J connectivity index is 0.000000845. The van der Waals surface area contributed by atoms with Gasteiger partial charge in [0.1, 0.15) is 0 Å². The maximum Gasteiger partial charge on any atom is 0.00434 e. The molecule has 1 atom stereocenters. The van der Waals surface area contributed by atoms with Crippen molar-refractivity contribution in [1.82, 2.24) is 4.90 Å². The summed E-state index contributed by atoms with van der Waals surface area (Å²) in [6.45, 7) is 8.12. The van der Waals surface area contributed by atoms with E-state index in [0.717, 1.165) is 13.1 Å². The molecule has 0 aromatic rings. The molecule has 2 aliphatic rings. The number of hydrogen-bond acceptors (Lipinski definition) is 1. The monoisotopic (exact) mass is 256 g/mol. The van der Waals surface area contributed by atoms with Crippen LogP contribution in [0.1, 0.15) is 33.1 Å². The van der Waals surface area contributed by atoms with E-state index in [-0.39, 0.29) is 32.7 Å². The largest absolute Gasteiger partial charge is 0.661 e. The molecule has 0 aliphatic carbocycles. The zero-order chi connectivity index (χ0) is 8.60. The molecule has 0 bridgehead atoms. The van der Waals surface area contributed by atoms with Gasteiger partial charge in [-0.2, -0.15) is 0 Å². The summed E-state index contributed by atoms with van der Waals surface area (Å²) >= 11 is 0. The van der Waals surface area contributed by atoms with Crippen LogP contribution in [0.2, 0.25) is 0 Å². The molecule has 2 rings (SSSR count). The molecular formula is C10H19N2Y-. The van der Waals surface area contributed by atoms with Crippen molar-refractivity contribution in [3.8, 4) is 0 Å². The first-order valence-electron chi connectivity index (χ1n) is 5.15. The van der Waals surface area contributed by atoms with E-state index in [1.807, 2.05) is 0 Å². The average molecular weight is 256 g/mol. The molecule has 1 spiro atoms. The predicted octanol–water partition coefficient (Wildman–Crippen LogP) is 2.00. The Morgan fingerprint density at radius 1 is 1.31 bits per heavy atom. The van der Waals surface area contributed by atoms with Crippen molar-refractivity contribution in [2.45, 2.75) is 44.7 Å². The molecule has 73 valence electrons. The summed E-state index contributed by atoms with van der Waals surface area (Å²) in [6.07, 6.45) is 4.08. The Morgan fingerprint density at radius 3 is 2.62 bits per heavy atom. The molecule has 1 radical (unpaired) electrons. The molecule has 0 saturated carbocycles. The second-order valence-corrected chi connectivity index (χ2v) is 4.47. The first-order chi connectivity index (χ1) is 5.75. The second kappa shape index (κ2) is 4.70. The van der Waals surface area contributed by atoms with Gasteiger partial charge in [-0.3, -0.25) is 4.90 Å². The van der Waals surface area contributed by atoms with Gasteiger partial charge in [0.15, 0.2) is 0 Å². The average Bonchev–Trinajstić information content (AvgIpc) is 2.61. The molecule has 0 amide bonds. The van der Waals surface area contributed by atoms with Crippen LogP contribution in [0.15, 0.2) is 0 Å². The van der Waals surface area contributed by atoms with Crippen LogP contribution in [-0.2, 0) is 32.7 Å². The van der Waals surface area contributed by atoms with E-state index >= 15 is 0 Å². The van der Waals surface area contributed by atoms with Crippen molar-refractivity contribution in [1.29, 1.82) is 0 Å². The third-order valence-corrected chi connectivity index (χ3v) is 3.42. The van der Waals surface area contributed by atoms with E-state index in [1.165, 1.54) is 25.8 Å². The molecule has 0 N–H and O–H groups in total. The summed E-state index contributed by atoms with van der Waals surface area (Å²) in [6, 6.07) is 0.709. The third-order valence-electron chi connectivity index (χ3n) is 3.42. The van der Waals surface area contributed by atoms with Crippen molar-refractivity contribution in [3.63, 3.8) is 0 Å². The van der Waals surface area contributed by atoms with Crippen molar-refractivity contribution in [2.75, 3.05) is 19.6 Å². The van der Waals surface area contributed by atoms with Gasteiger partial charge in [0.05, 0.1) is 0 Å². The molecule has 2 nitrogen and oxygen atoms in total. The molecule has 0 aromatic heterocycles. The molecule has 2 aliphatic heterocycles. The van der Waals surface area contributed by atoms with E-state index < -0.39 is 0 Å².